The molecule has 1 aliphatic carbocycles. The van der Waals surface area contributed by atoms with Gasteiger partial charge in [-0.1, -0.05) is 49.6 Å². The molecule has 0 amide bonds. The molecule has 6 nitrogen and oxygen atoms in total. The minimum Gasteiger partial charge on any atom is -0.356 e. The van der Waals surface area contributed by atoms with Gasteiger partial charge in [0.25, 0.3) is 0 Å². The van der Waals surface area contributed by atoms with Crippen molar-refractivity contribution in [2.45, 2.75) is 57.9 Å². The van der Waals surface area contributed by atoms with Gasteiger partial charge in [-0.15, -0.1) is 34.2 Å². The molecule has 0 unspecified atom stereocenters. The number of aliphatic imine (C=N–C) groups is 1. The Morgan fingerprint density at radius 1 is 1.25 bits per heavy atom. The van der Waals surface area contributed by atoms with Crippen molar-refractivity contribution in [2.75, 3.05) is 20.1 Å². The Labute approximate surface area is 185 Å². The number of rotatable bonds is 7. The molecule has 0 saturated heterocycles. The summed E-state index contributed by atoms with van der Waals surface area (Å²) in [7, 11) is 1.83. The summed E-state index contributed by atoms with van der Waals surface area (Å²) in [5.41, 5.74) is 3.01. The molecule has 28 heavy (non-hydrogen) atoms. The Morgan fingerprint density at radius 2 is 2.04 bits per heavy atom. The molecule has 2 N–H and O–H groups in total. The van der Waals surface area contributed by atoms with Gasteiger partial charge in [0.2, 0.25) is 0 Å². The van der Waals surface area contributed by atoms with Gasteiger partial charge in [-0.2, -0.15) is 0 Å². The molecule has 0 spiro atoms. The number of nitrogens with zero attached hydrogens (tertiary/aromatic N) is 4. The second-order valence-corrected chi connectivity index (χ2v) is 7.50. The second kappa shape index (κ2) is 10.8. The van der Waals surface area contributed by atoms with E-state index in [0.29, 0.717) is 0 Å². The molecule has 1 fully saturated rings. The topological polar surface area (TPSA) is 67.1 Å². The number of hydrogen-bond acceptors (Lipinski definition) is 3. The summed E-state index contributed by atoms with van der Waals surface area (Å²) in [5, 5.41) is 15.1. The largest absolute Gasteiger partial charge is 0.356 e. The van der Waals surface area contributed by atoms with Gasteiger partial charge in [0.15, 0.2) is 5.96 Å². The average molecular weight is 496 g/mol. The monoisotopic (exact) mass is 496 g/mol. The van der Waals surface area contributed by atoms with Crippen LogP contribution < -0.4 is 10.6 Å². The fraction of sp³-hybridized carbons (Fsp3) is 0.571. The van der Waals surface area contributed by atoms with Crippen molar-refractivity contribution < 1.29 is 0 Å². The van der Waals surface area contributed by atoms with Gasteiger partial charge in [-0.25, -0.2) is 0 Å². The SMILES string of the molecule is CCc1nncn1CCNC(=NC)NCC1(c2cccc(C)c2)CCCC1.I. The second-order valence-electron chi connectivity index (χ2n) is 7.50. The van der Waals surface area contributed by atoms with Crippen LogP contribution in [0.4, 0.5) is 0 Å². The predicted molar refractivity (Wildman–Crippen MR) is 126 cm³/mol. The molecular formula is C21H33IN6. The lowest BCUT2D eigenvalue weighted by atomic mass is 9.78. The first-order valence-electron chi connectivity index (χ1n) is 10.1. The number of aromatic nitrogens is 3. The summed E-state index contributed by atoms with van der Waals surface area (Å²) in [6, 6.07) is 8.99. The Balaban J connectivity index is 0.00000280. The van der Waals surface area contributed by atoms with E-state index in [4.69, 9.17) is 0 Å². The molecule has 2 aromatic rings. The summed E-state index contributed by atoms with van der Waals surface area (Å²) >= 11 is 0. The van der Waals surface area contributed by atoms with Gasteiger partial charge in [0.05, 0.1) is 0 Å². The van der Waals surface area contributed by atoms with Crippen LogP contribution in [0.5, 0.6) is 0 Å². The Bertz CT molecular complexity index is 764. The van der Waals surface area contributed by atoms with Crippen LogP contribution in [0, 0.1) is 6.92 Å². The maximum atomic E-state index is 4.41. The normalized spacial score (nSPS) is 15.9. The van der Waals surface area contributed by atoms with Crippen LogP contribution in [-0.4, -0.2) is 40.9 Å². The van der Waals surface area contributed by atoms with E-state index in [2.05, 4.69) is 68.5 Å². The number of aryl methyl sites for hydroxylation is 2. The predicted octanol–water partition coefficient (Wildman–Crippen LogP) is 3.44. The fourth-order valence-corrected chi connectivity index (χ4v) is 4.10. The highest BCUT2D eigenvalue weighted by Crippen LogP contribution is 2.40. The van der Waals surface area contributed by atoms with E-state index in [1.165, 1.54) is 36.8 Å². The Morgan fingerprint density at radius 3 is 2.71 bits per heavy atom. The number of guanidine groups is 1. The van der Waals surface area contributed by atoms with Crippen molar-refractivity contribution in [3.63, 3.8) is 0 Å². The van der Waals surface area contributed by atoms with Crippen LogP contribution in [0.1, 0.15) is 49.6 Å². The molecule has 1 saturated carbocycles. The molecule has 7 heteroatoms. The van der Waals surface area contributed by atoms with Crippen molar-refractivity contribution in [3.05, 3.63) is 47.5 Å². The summed E-state index contributed by atoms with van der Waals surface area (Å²) < 4.78 is 2.09. The summed E-state index contributed by atoms with van der Waals surface area (Å²) in [6.45, 7) is 6.82. The highest BCUT2D eigenvalue weighted by Gasteiger charge is 2.35. The van der Waals surface area contributed by atoms with E-state index in [1.54, 1.807) is 6.33 Å². The van der Waals surface area contributed by atoms with Crippen LogP contribution >= 0.6 is 24.0 Å². The van der Waals surface area contributed by atoms with Crippen LogP contribution in [0.25, 0.3) is 0 Å². The number of hydrogen-bond donors (Lipinski definition) is 2. The highest BCUT2D eigenvalue weighted by molar-refractivity contribution is 14.0. The maximum Gasteiger partial charge on any atom is 0.191 e. The molecule has 0 bridgehead atoms. The third-order valence-electron chi connectivity index (χ3n) is 5.67. The molecule has 1 heterocycles. The Kier molecular flexibility index (Phi) is 8.72. The molecule has 1 aromatic heterocycles. The number of halogens is 1. The zero-order valence-electron chi connectivity index (χ0n) is 17.2. The quantitative estimate of drug-likeness (QED) is 0.350. The molecule has 1 aromatic carbocycles. The summed E-state index contributed by atoms with van der Waals surface area (Å²) in [5.74, 6) is 1.88. The van der Waals surface area contributed by atoms with Crippen molar-refractivity contribution in [2.24, 2.45) is 4.99 Å². The zero-order chi connectivity index (χ0) is 19.1. The third kappa shape index (κ3) is 5.46. The van der Waals surface area contributed by atoms with Crippen molar-refractivity contribution in [1.29, 1.82) is 0 Å². The zero-order valence-corrected chi connectivity index (χ0v) is 19.6. The first-order chi connectivity index (χ1) is 13.2. The number of benzene rings is 1. The van der Waals surface area contributed by atoms with E-state index in [1.807, 2.05) is 7.05 Å². The summed E-state index contributed by atoms with van der Waals surface area (Å²) in [4.78, 5) is 4.41. The van der Waals surface area contributed by atoms with Crippen LogP contribution in [0.3, 0.4) is 0 Å². The minimum absolute atomic E-state index is 0. The van der Waals surface area contributed by atoms with Gasteiger partial charge in [0.1, 0.15) is 12.2 Å². The molecule has 0 aliphatic heterocycles. The molecule has 3 rings (SSSR count). The molecule has 0 atom stereocenters. The van der Waals surface area contributed by atoms with Crippen LogP contribution in [0.2, 0.25) is 0 Å². The number of nitrogens with one attached hydrogen (secondary N) is 2. The molecule has 0 radical (unpaired) electrons. The van der Waals surface area contributed by atoms with Gasteiger partial charge in [-0.3, -0.25) is 4.99 Å². The summed E-state index contributed by atoms with van der Waals surface area (Å²) in [6.07, 6.45) is 7.76. The molecule has 1 aliphatic rings. The standard InChI is InChI=1S/C21H32N6.HI/c1-4-19-26-25-16-27(19)13-12-23-20(22-3)24-15-21(10-5-6-11-21)18-9-7-8-17(2)14-18;/h7-9,14,16H,4-6,10-13,15H2,1-3H3,(H2,22,23,24);1H. The molecule has 154 valence electrons. The Hall–Kier alpha value is -1.64. The van der Waals surface area contributed by atoms with Gasteiger partial charge in [-0.05, 0) is 25.3 Å². The average Bonchev–Trinajstić information content (AvgIpc) is 3.34. The highest BCUT2D eigenvalue weighted by atomic mass is 127. The first kappa shape index (κ1) is 22.6. The van der Waals surface area contributed by atoms with E-state index in [0.717, 1.165) is 37.8 Å². The maximum absolute atomic E-state index is 4.41. The smallest absolute Gasteiger partial charge is 0.191 e. The van der Waals surface area contributed by atoms with E-state index >= 15 is 0 Å². The van der Waals surface area contributed by atoms with E-state index in [-0.39, 0.29) is 29.4 Å². The van der Waals surface area contributed by atoms with Gasteiger partial charge >= 0.3 is 0 Å². The fourth-order valence-electron chi connectivity index (χ4n) is 4.10. The minimum atomic E-state index is 0. The van der Waals surface area contributed by atoms with E-state index in [9.17, 15) is 0 Å². The lowest BCUT2D eigenvalue weighted by Crippen LogP contribution is -2.45. The lowest BCUT2D eigenvalue weighted by Gasteiger charge is -2.31. The van der Waals surface area contributed by atoms with Gasteiger partial charge in [0, 0.05) is 38.5 Å². The van der Waals surface area contributed by atoms with Gasteiger partial charge < -0.3 is 15.2 Å². The third-order valence-corrected chi connectivity index (χ3v) is 5.67. The molecular weight excluding hydrogens is 463 g/mol. The van der Waals surface area contributed by atoms with Crippen molar-refractivity contribution >= 4 is 29.9 Å². The van der Waals surface area contributed by atoms with Crippen molar-refractivity contribution in [1.82, 2.24) is 25.4 Å². The lowest BCUT2D eigenvalue weighted by molar-refractivity contribution is 0.431. The van der Waals surface area contributed by atoms with Crippen LogP contribution in [-0.2, 0) is 18.4 Å². The first-order valence-corrected chi connectivity index (χ1v) is 10.1. The van der Waals surface area contributed by atoms with Crippen LogP contribution in [0.15, 0.2) is 35.6 Å². The van der Waals surface area contributed by atoms with E-state index < -0.39 is 0 Å². The van der Waals surface area contributed by atoms with Crippen molar-refractivity contribution in [3.8, 4) is 0 Å².